The maximum absolute atomic E-state index is 10.2. The van der Waals surface area contributed by atoms with E-state index in [9.17, 15) is 10.2 Å². The SMILES string of the molecule is COc1ccc(/C=N/c2nc(NC3CC3)c3ncn(C4C=CC(CO)C4)c3n2)c(O)c1. The third-order valence-corrected chi connectivity index (χ3v) is 5.63. The molecule has 2 atom stereocenters. The first kappa shape index (κ1) is 19.5. The largest absolute Gasteiger partial charge is 0.507 e. The van der Waals surface area contributed by atoms with Crippen molar-refractivity contribution in [3.05, 3.63) is 42.2 Å². The Morgan fingerprint density at radius 3 is 2.87 bits per heavy atom. The number of hydrogen-bond donors (Lipinski definition) is 3. The summed E-state index contributed by atoms with van der Waals surface area (Å²) in [5.41, 5.74) is 1.94. The number of nitrogens with zero attached hydrogens (tertiary/aromatic N) is 5. The first-order valence-electron chi connectivity index (χ1n) is 10.4. The molecule has 9 heteroatoms. The highest BCUT2D eigenvalue weighted by Crippen LogP contribution is 2.33. The number of imidazole rings is 1. The van der Waals surface area contributed by atoms with E-state index in [1.807, 2.05) is 10.6 Å². The van der Waals surface area contributed by atoms with Gasteiger partial charge in [-0.15, -0.1) is 0 Å². The molecule has 31 heavy (non-hydrogen) atoms. The van der Waals surface area contributed by atoms with E-state index in [1.54, 1.807) is 25.6 Å². The molecule has 0 amide bonds. The number of aromatic nitrogens is 4. The van der Waals surface area contributed by atoms with Gasteiger partial charge in [-0.25, -0.2) is 9.98 Å². The predicted octanol–water partition coefficient (Wildman–Crippen LogP) is 2.97. The number of aliphatic hydroxyl groups is 1. The van der Waals surface area contributed by atoms with Gasteiger partial charge in [0.2, 0.25) is 0 Å². The van der Waals surface area contributed by atoms with Crippen molar-refractivity contribution in [3.8, 4) is 11.5 Å². The van der Waals surface area contributed by atoms with Gasteiger partial charge >= 0.3 is 0 Å². The number of nitrogens with one attached hydrogen (secondary N) is 1. The van der Waals surface area contributed by atoms with Gasteiger partial charge in [0.1, 0.15) is 11.5 Å². The van der Waals surface area contributed by atoms with Crippen molar-refractivity contribution < 1.29 is 14.9 Å². The number of allylic oxidation sites excluding steroid dienone is 1. The van der Waals surface area contributed by atoms with Crippen LogP contribution in [0.15, 0.2) is 41.7 Å². The minimum Gasteiger partial charge on any atom is -0.507 e. The molecule has 9 nitrogen and oxygen atoms in total. The summed E-state index contributed by atoms with van der Waals surface area (Å²) in [6, 6.07) is 5.49. The molecule has 0 aliphatic heterocycles. The Kier molecular flexibility index (Phi) is 5.03. The van der Waals surface area contributed by atoms with Crippen molar-refractivity contribution >= 4 is 29.1 Å². The lowest BCUT2D eigenvalue weighted by Gasteiger charge is -2.13. The van der Waals surface area contributed by atoms with Crippen LogP contribution in [0.5, 0.6) is 11.5 Å². The maximum Gasteiger partial charge on any atom is 0.253 e. The van der Waals surface area contributed by atoms with E-state index in [0.717, 1.165) is 19.3 Å². The molecule has 0 saturated heterocycles. The van der Waals surface area contributed by atoms with Gasteiger partial charge in [-0.2, -0.15) is 9.97 Å². The Balaban J connectivity index is 1.51. The van der Waals surface area contributed by atoms with Crippen LogP contribution in [-0.4, -0.2) is 55.7 Å². The normalized spacial score (nSPS) is 20.7. The predicted molar refractivity (Wildman–Crippen MR) is 117 cm³/mol. The monoisotopic (exact) mass is 420 g/mol. The standard InChI is InChI=1S/C22H24N6O3/c1-31-17-7-3-14(18(30)9-17)10-23-22-26-20(25-15-4-5-15)19-21(27-22)28(12-24-19)16-6-2-13(8-16)11-29/h2-3,6-7,9-10,12-13,15-16,29-30H,4-5,8,11H2,1H3,(H,25,26,27)/b23-10+. The fourth-order valence-corrected chi connectivity index (χ4v) is 3.71. The van der Waals surface area contributed by atoms with E-state index >= 15 is 0 Å². The zero-order chi connectivity index (χ0) is 21.4. The lowest BCUT2D eigenvalue weighted by molar-refractivity contribution is 0.244. The smallest absolute Gasteiger partial charge is 0.253 e. The highest BCUT2D eigenvalue weighted by molar-refractivity contribution is 5.87. The average molecular weight is 420 g/mol. The first-order valence-corrected chi connectivity index (χ1v) is 10.4. The molecule has 2 heterocycles. The lowest BCUT2D eigenvalue weighted by Crippen LogP contribution is -2.09. The van der Waals surface area contributed by atoms with Crippen LogP contribution in [-0.2, 0) is 0 Å². The van der Waals surface area contributed by atoms with E-state index in [2.05, 4.69) is 31.3 Å². The average Bonchev–Trinajstić information content (AvgIpc) is 3.29. The van der Waals surface area contributed by atoms with Crippen LogP contribution < -0.4 is 10.1 Å². The number of phenols is 1. The summed E-state index contributed by atoms with van der Waals surface area (Å²) in [6.45, 7) is 0.129. The molecule has 5 rings (SSSR count). The van der Waals surface area contributed by atoms with Crippen LogP contribution in [0, 0.1) is 5.92 Å². The highest BCUT2D eigenvalue weighted by atomic mass is 16.5. The Morgan fingerprint density at radius 2 is 2.16 bits per heavy atom. The van der Waals surface area contributed by atoms with Crippen LogP contribution in [0.25, 0.3) is 11.2 Å². The molecule has 160 valence electrons. The fraction of sp³-hybridized carbons (Fsp3) is 0.364. The van der Waals surface area contributed by atoms with E-state index in [4.69, 9.17) is 4.74 Å². The zero-order valence-corrected chi connectivity index (χ0v) is 17.1. The number of benzene rings is 1. The molecule has 2 aliphatic carbocycles. The van der Waals surface area contributed by atoms with Crippen LogP contribution in [0.2, 0.25) is 0 Å². The number of aromatic hydroxyl groups is 1. The van der Waals surface area contributed by atoms with Crippen molar-refractivity contribution in [2.24, 2.45) is 10.9 Å². The van der Waals surface area contributed by atoms with E-state index in [0.29, 0.717) is 34.3 Å². The first-order chi connectivity index (χ1) is 15.1. The highest BCUT2D eigenvalue weighted by Gasteiger charge is 2.26. The van der Waals surface area contributed by atoms with Gasteiger partial charge in [0.25, 0.3) is 5.95 Å². The quantitative estimate of drug-likeness (QED) is 0.397. The number of aliphatic hydroxyl groups excluding tert-OH is 1. The van der Waals surface area contributed by atoms with Crippen LogP contribution in [0.1, 0.15) is 30.9 Å². The molecule has 0 bridgehead atoms. The number of rotatable bonds is 7. The number of aliphatic imine (C=N–C) groups is 1. The molecular formula is C22H24N6O3. The number of phenolic OH excluding ortho intramolecular Hbond substituents is 1. The van der Waals surface area contributed by atoms with Crippen LogP contribution >= 0.6 is 0 Å². The Labute approximate surface area is 179 Å². The summed E-state index contributed by atoms with van der Waals surface area (Å²) >= 11 is 0. The molecule has 1 fully saturated rings. The summed E-state index contributed by atoms with van der Waals surface area (Å²) < 4.78 is 7.12. The van der Waals surface area contributed by atoms with Crippen molar-refractivity contribution in [1.82, 2.24) is 19.5 Å². The molecule has 0 spiro atoms. The lowest BCUT2D eigenvalue weighted by atomic mass is 10.1. The Morgan fingerprint density at radius 1 is 1.29 bits per heavy atom. The van der Waals surface area contributed by atoms with Crippen LogP contribution in [0.4, 0.5) is 11.8 Å². The number of methoxy groups -OCH3 is 1. The molecule has 0 radical (unpaired) electrons. The van der Waals surface area contributed by atoms with Gasteiger partial charge in [0, 0.05) is 36.4 Å². The topological polar surface area (TPSA) is 118 Å². The molecule has 3 aromatic rings. The molecular weight excluding hydrogens is 396 g/mol. The van der Waals surface area contributed by atoms with Gasteiger partial charge in [-0.05, 0) is 31.4 Å². The summed E-state index contributed by atoms with van der Waals surface area (Å²) in [7, 11) is 1.55. The van der Waals surface area contributed by atoms with E-state index in [-0.39, 0.29) is 30.3 Å². The number of ether oxygens (including phenoxy) is 1. The number of hydrogen-bond acceptors (Lipinski definition) is 8. The van der Waals surface area contributed by atoms with E-state index < -0.39 is 0 Å². The molecule has 1 saturated carbocycles. The van der Waals surface area contributed by atoms with Gasteiger partial charge in [-0.1, -0.05) is 12.2 Å². The van der Waals surface area contributed by atoms with Gasteiger partial charge < -0.3 is 24.8 Å². The summed E-state index contributed by atoms with van der Waals surface area (Å²) in [6.07, 6.45) is 10.4. The third kappa shape index (κ3) is 3.96. The summed E-state index contributed by atoms with van der Waals surface area (Å²) in [5, 5.41) is 23.1. The van der Waals surface area contributed by atoms with Crippen molar-refractivity contribution in [3.63, 3.8) is 0 Å². The second kappa shape index (κ2) is 7.99. The van der Waals surface area contributed by atoms with Gasteiger partial charge in [-0.3, -0.25) is 0 Å². The molecule has 2 aliphatic rings. The fourth-order valence-electron chi connectivity index (χ4n) is 3.71. The second-order valence-corrected chi connectivity index (χ2v) is 7.93. The molecule has 1 aromatic carbocycles. The Hall–Kier alpha value is -3.46. The van der Waals surface area contributed by atoms with Gasteiger partial charge in [0.05, 0.1) is 19.5 Å². The summed E-state index contributed by atoms with van der Waals surface area (Å²) in [5.74, 6) is 1.73. The van der Waals surface area contributed by atoms with Crippen molar-refractivity contribution in [2.45, 2.75) is 31.3 Å². The molecule has 2 aromatic heterocycles. The van der Waals surface area contributed by atoms with Crippen molar-refractivity contribution in [1.29, 1.82) is 0 Å². The molecule has 2 unspecified atom stereocenters. The number of anilines is 1. The molecule has 3 N–H and O–H groups in total. The maximum atomic E-state index is 10.2. The zero-order valence-electron chi connectivity index (χ0n) is 17.1. The van der Waals surface area contributed by atoms with Crippen molar-refractivity contribution in [2.75, 3.05) is 19.0 Å². The third-order valence-electron chi connectivity index (χ3n) is 5.63. The minimum atomic E-state index is 0.0664. The van der Waals surface area contributed by atoms with Crippen LogP contribution in [0.3, 0.4) is 0 Å². The van der Waals surface area contributed by atoms with Gasteiger partial charge in [0.15, 0.2) is 17.0 Å². The van der Waals surface area contributed by atoms with E-state index in [1.165, 1.54) is 12.3 Å². The summed E-state index contributed by atoms with van der Waals surface area (Å²) in [4.78, 5) is 18.2. The second-order valence-electron chi connectivity index (χ2n) is 7.93. The minimum absolute atomic E-state index is 0.0664. The number of fused-ring (bicyclic) bond motifs is 1. The Bertz CT molecular complexity index is 1170.